The summed E-state index contributed by atoms with van der Waals surface area (Å²) < 4.78 is 125. The Morgan fingerprint density at radius 1 is 0.898 bits per heavy atom. The molecule has 0 bridgehead atoms. The lowest BCUT2D eigenvalue weighted by Gasteiger charge is -2.46. The molecule has 1 aromatic heterocycles. The predicted molar refractivity (Wildman–Crippen MR) is 159 cm³/mol. The molecular formula is C32H35F9N6O2. The normalized spacial score (nSPS) is 21.8. The summed E-state index contributed by atoms with van der Waals surface area (Å²) in [4.78, 5) is 17.9. The predicted octanol–water partition coefficient (Wildman–Crippen LogP) is 7.72. The molecule has 0 radical (unpaired) electrons. The minimum absolute atomic E-state index is 0.00249. The quantitative estimate of drug-likeness (QED) is 0.242. The number of aliphatic hydroxyl groups is 1. The van der Waals surface area contributed by atoms with Crippen LogP contribution < -0.4 is 9.80 Å². The van der Waals surface area contributed by atoms with Crippen molar-refractivity contribution >= 4 is 17.5 Å². The Balaban J connectivity index is 1.63. The number of halogens is 9. The third-order valence-electron chi connectivity index (χ3n) is 9.41. The summed E-state index contributed by atoms with van der Waals surface area (Å²) in [6.07, 6.45) is -11.7. The van der Waals surface area contributed by atoms with Crippen LogP contribution in [0.15, 0.2) is 36.4 Å². The standard InChI is InChI=1S/C32H35F9N6O2/c1-3-24-16-27(46(29-42-44-45(2)43-29)17-19-12-22(31(36,37)38)14-23(13-19)32(39,40)41)25-15-21(30(33,34)35)8-9-26(25)47(24)28(49)20-6-4-18(5-7-20)10-11-48/h8-9,12-15,18,20,24,27,48H,3-7,10-11,16-17H2,1-2H3. The number of carbonyl (C=O) groups excluding carboxylic acids is 1. The van der Waals surface area contributed by atoms with Crippen molar-refractivity contribution in [3.63, 3.8) is 0 Å². The summed E-state index contributed by atoms with van der Waals surface area (Å²) in [5, 5.41) is 21.1. The molecule has 2 unspecified atom stereocenters. The van der Waals surface area contributed by atoms with E-state index in [0.717, 1.165) is 16.9 Å². The molecule has 2 heterocycles. The van der Waals surface area contributed by atoms with Gasteiger partial charge in [0.15, 0.2) is 0 Å². The smallest absolute Gasteiger partial charge is 0.396 e. The maximum Gasteiger partial charge on any atom is 0.416 e. The van der Waals surface area contributed by atoms with Crippen molar-refractivity contribution in [1.29, 1.82) is 0 Å². The molecule has 3 aromatic rings. The monoisotopic (exact) mass is 706 g/mol. The topological polar surface area (TPSA) is 87.4 Å². The number of aliphatic hydroxyl groups excluding tert-OH is 1. The molecule has 2 aliphatic rings. The molecule has 0 saturated heterocycles. The number of benzene rings is 2. The van der Waals surface area contributed by atoms with Gasteiger partial charge in [-0.3, -0.25) is 4.79 Å². The highest BCUT2D eigenvalue weighted by Gasteiger charge is 2.44. The Bertz CT molecular complexity index is 1600. The van der Waals surface area contributed by atoms with Crippen LogP contribution in [0.5, 0.6) is 0 Å². The van der Waals surface area contributed by atoms with Gasteiger partial charge in [0.25, 0.3) is 5.95 Å². The first-order valence-corrected chi connectivity index (χ1v) is 15.8. The molecule has 17 heteroatoms. The molecule has 2 aromatic carbocycles. The van der Waals surface area contributed by atoms with Crippen LogP contribution in [0.3, 0.4) is 0 Å². The largest absolute Gasteiger partial charge is 0.416 e. The summed E-state index contributed by atoms with van der Waals surface area (Å²) in [6.45, 7) is 1.15. The van der Waals surface area contributed by atoms with Gasteiger partial charge in [-0.25, -0.2) is 0 Å². The Labute approximate surface area is 275 Å². The lowest BCUT2D eigenvalue weighted by atomic mass is 9.79. The highest BCUT2D eigenvalue weighted by atomic mass is 19.4. The molecule has 2 atom stereocenters. The summed E-state index contributed by atoms with van der Waals surface area (Å²) in [7, 11) is 1.38. The maximum atomic E-state index is 14.1. The molecular weight excluding hydrogens is 671 g/mol. The number of aryl methyl sites for hydroxylation is 1. The van der Waals surface area contributed by atoms with Crippen molar-refractivity contribution in [3.05, 3.63) is 64.2 Å². The van der Waals surface area contributed by atoms with Gasteiger partial charge in [0.05, 0.1) is 29.8 Å². The number of amides is 1. The fraction of sp³-hybridized carbons (Fsp3) is 0.562. The molecule has 49 heavy (non-hydrogen) atoms. The van der Waals surface area contributed by atoms with E-state index >= 15 is 0 Å². The zero-order valence-electron chi connectivity index (χ0n) is 26.6. The van der Waals surface area contributed by atoms with E-state index in [2.05, 4.69) is 15.4 Å². The molecule has 1 aliphatic heterocycles. The summed E-state index contributed by atoms with van der Waals surface area (Å²) >= 11 is 0. The number of nitrogens with zero attached hydrogens (tertiary/aromatic N) is 6. The molecule has 5 rings (SSSR count). The van der Waals surface area contributed by atoms with E-state index in [4.69, 9.17) is 0 Å². The highest BCUT2D eigenvalue weighted by Crippen LogP contribution is 2.47. The van der Waals surface area contributed by atoms with E-state index in [1.54, 1.807) is 6.92 Å². The first-order valence-electron chi connectivity index (χ1n) is 15.8. The Morgan fingerprint density at radius 3 is 2.02 bits per heavy atom. The number of hydrogen-bond acceptors (Lipinski definition) is 6. The Kier molecular flexibility index (Phi) is 10.2. The number of anilines is 2. The van der Waals surface area contributed by atoms with E-state index in [0.29, 0.717) is 50.7 Å². The first-order chi connectivity index (χ1) is 22.9. The van der Waals surface area contributed by atoms with Gasteiger partial charge in [-0.15, -0.1) is 5.10 Å². The summed E-state index contributed by atoms with van der Waals surface area (Å²) in [5.74, 6) is -0.672. The van der Waals surface area contributed by atoms with E-state index in [1.807, 2.05) is 0 Å². The number of alkyl halides is 9. The summed E-state index contributed by atoms with van der Waals surface area (Å²) in [6, 6.07) is 2.29. The molecule has 1 aliphatic carbocycles. The molecule has 1 fully saturated rings. The van der Waals surface area contributed by atoms with Gasteiger partial charge in [0.2, 0.25) is 5.91 Å². The number of rotatable bonds is 8. The lowest BCUT2D eigenvalue weighted by molar-refractivity contribution is -0.143. The highest BCUT2D eigenvalue weighted by molar-refractivity contribution is 5.97. The zero-order chi connectivity index (χ0) is 35.9. The second-order valence-electron chi connectivity index (χ2n) is 12.6. The number of tetrazole rings is 1. The van der Waals surface area contributed by atoms with E-state index in [9.17, 15) is 49.4 Å². The zero-order valence-corrected chi connectivity index (χ0v) is 26.6. The summed E-state index contributed by atoms with van der Waals surface area (Å²) in [5.41, 5.74) is -4.43. The fourth-order valence-corrected chi connectivity index (χ4v) is 6.94. The van der Waals surface area contributed by atoms with Crippen molar-refractivity contribution in [3.8, 4) is 0 Å². The molecule has 1 saturated carbocycles. The van der Waals surface area contributed by atoms with Crippen molar-refractivity contribution in [2.45, 2.75) is 89.0 Å². The van der Waals surface area contributed by atoms with Gasteiger partial charge < -0.3 is 14.9 Å². The average molecular weight is 707 g/mol. The average Bonchev–Trinajstić information content (AvgIpc) is 3.47. The van der Waals surface area contributed by atoms with Crippen LogP contribution in [0.2, 0.25) is 0 Å². The van der Waals surface area contributed by atoms with Crippen molar-refractivity contribution in [2.24, 2.45) is 18.9 Å². The number of hydrogen-bond donors (Lipinski definition) is 1. The second kappa shape index (κ2) is 13.8. The van der Waals surface area contributed by atoms with E-state index < -0.39 is 65.3 Å². The van der Waals surface area contributed by atoms with Crippen LogP contribution in [0.4, 0.5) is 51.1 Å². The minimum atomic E-state index is -5.13. The fourth-order valence-electron chi connectivity index (χ4n) is 6.94. The maximum absolute atomic E-state index is 14.1. The number of carbonyl (C=O) groups is 1. The van der Waals surface area contributed by atoms with Crippen molar-refractivity contribution in [2.75, 3.05) is 16.4 Å². The second-order valence-corrected chi connectivity index (χ2v) is 12.6. The lowest BCUT2D eigenvalue weighted by Crippen LogP contribution is -2.50. The SMILES string of the molecule is CCC1CC(N(Cc2cc(C(F)(F)F)cc(C(F)(F)F)c2)c2nnn(C)n2)c2cc(C(F)(F)F)ccc2N1C(=O)C1CCC(CCO)CC1. The van der Waals surface area contributed by atoms with Crippen LogP contribution in [-0.2, 0) is 36.9 Å². The molecule has 8 nitrogen and oxygen atoms in total. The van der Waals surface area contributed by atoms with Crippen molar-refractivity contribution < 1.29 is 49.4 Å². The van der Waals surface area contributed by atoms with E-state index in [1.165, 1.54) is 22.9 Å². The van der Waals surface area contributed by atoms with Gasteiger partial charge in [0.1, 0.15) is 0 Å². The van der Waals surface area contributed by atoms with Crippen molar-refractivity contribution in [1.82, 2.24) is 20.2 Å². The molecule has 1 amide bonds. The third-order valence-corrected chi connectivity index (χ3v) is 9.41. The number of aromatic nitrogens is 4. The molecule has 0 spiro atoms. The van der Waals surface area contributed by atoms with Crippen LogP contribution in [-0.4, -0.2) is 43.9 Å². The van der Waals surface area contributed by atoms with Crippen LogP contribution >= 0.6 is 0 Å². The Hall–Kier alpha value is -3.89. The van der Waals surface area contributed by atoms with Gasteiger partial charge in [-0.1, -0.05) is 12.0 Å². The van der Waals surface area contributed by atoms with Gasteiger partial charge in [-0.2, -0.15) is 44.3 Å². The number of fused-ring (bicyclic) bond motifs is 1. The van der Waals surface area contributed by atoms with E-state index in [-0.39, 0.29) is 48.1 Å². The molecule has 268 valence electrons. The molecule has 1 N–H and O–H groups in total. The van der Waals surface area contributed by atoms with Crippen LogP contribution in [0.25, 0.3) is 0 Å². The van der Waals surface area contributed by atoms with Gasteiger partial charge >= 0.3 is 18.5 Å². The third kappa shape index (κ3) is 7.96. The van der Waals surface area contributed by atoms with Gasteiger partial charge in [0, 0.05) is 30.8 Å². The van der Waals surface area contributed by atoms with Crippen LogP contribution in [0, 0.1) is 11.8 Å². The first kappa shape index (κ1) is 36.4. The Morgan fingerprint density at radius 2 is 1.51 bits per heavy atom. The van der Waals surface area contributed by atoms with Gasteiger partial charge in [-0.05, 0) is 104 Å². The minimum Gasteiger partial charge on any atom is -0.396 e. The van der Waals surface area contributed by atoms with Crippen LogP contribution in [0.1, 0.15) is 85.7 Å².